The van der Waals surface area contributed by atoms with Crippen molar-refractivity contribution >= 4 is 5.91 Å². The van der Waals surface area contributed by atoms with E-state index in [2.05, 4.69) is 11.9 Å². The first-order valence-electron chi connectivity index (χ1n) is 4.36. The minimum Gasteiger partial charge on any atom is -0.508 e. The summed E-state index contributed by atoms with van der Waals surface area (Å²) in [5, 5.41) is 11.9. The molecule has 0 aliphatic carbocycles. The summed E-state index contributed by atoms with van der Waals surface area (Å²) >= 11 is 0. The van der Waals surface area contributed by atoms with Crippen molar-refractivity contribution < 1.29 is 9.90 Å². The molecule has 0 heterocycles. The van der Waals surface area contributed by atoms with Crippen LogP contribution < -0.4 is 5.32 Å². The fourth-order valence-electron chi connectivity index (χ4n) is 0.996. The van der Waals surface area contributed by atoms with Gasteiger partial charge < -0.3 is 10.4 Å². The molecule has 0 saturated heterocycles. The fraction of sp³-hybridized carbons (Fsp3) is 0.182. The van der Waals surface area contributed by atoms with Gasteiger partial charge >= 0.3 is 0 Å². The van der Waals surface area contributed by atoms with E-state index in [1.165, 1.54) is 12.1 Å². The molecule has 0 aromatic heterocycles. The van der Waals surface area contributed by atoms with Crippen LogP contribution in [0.3, 0.4) is 0 Å². The van der Waals surface area contributed by atoms with Gasteiger partial charge in [0.1, 0.15) is 5.75 Å². The van der Waals surface area contributed by atoms with Gasteiger partial charge in [0.25, 0.3) is 5.91 Å². The third-order valence-corrected chi connectivity index (χ3v) is 1.82. The molecule has 1 aromatic carbocycles. The predicted molar refractivity (Wildman–Crippen MR) is 55.2 cm³/mol. The highest BCUT2D eigenvalue weighted by atomic mass is 16.3. The topological polar surface area (TPSA) is 49.3 Å². The quantitative estimate of drug-likeness (QED) is 0.714. The Morgan fingerprint density at radius 1 is 1.64 bits per heavy atom. The van der Waals surface area contributed by atoms with Crippen molar-refractivity contribution in [2.24, 2.45) is 0 Å². The average Bonchev–Trinajstić information content (AvgIpc) is 2.17. The van der Waals surface area contributed by atoms with Gasteiger partial charge in [0, 0.05) is 11.6 Å². The SMILES string of the molecule is C=CC(C)NC(=O)c1cccc(O)c1. The number of hydrogen-bond acceptors (Lipinski definition) is 2. The Kier molecular flexibility index (Phi) is 3.29. The lowest BCUT2D eigenvalue weighted by molar-refractivity contribution is 0.0946. The van der Waals surface area contributed by atoms with Crippen LogP contribution in [0.5, 0.6) is 5.75 Å². The Hall–Kier alpha value is -1.77. The van der Waals surface area contributed by atoms with Crippen LogP contribution in [0.4, 0.5) is 0 Å². The smallest absolute Gasteiger partial charge is 0.251 e. The molecule has 3 nitrogen and oxygen atoms in total. The normalized spacial score (nSPS) is 11.8. The van der Waals surface area contributed by atoms with Gasteiger partial charge in [0.2, 0.25) is 0 Å². The van der Waals surface area contributed by atoms with Gasteiger partial charge in [0.05, 0.1) is 0 Å². The van der Waals surface area contributed by atoms with E-state index >= 15 is 0 Å². The molecule has 1 unspecified atom stereocenters. The van der Waals surface area contributed by atoms with E-state index in [-0.39, 0.29) is 17.7 Å². The van der Waals surface area contributed by atoms with E-state index in [0.717, 1.165) is 0 Å². The van der Waals surface area contributed by atoms with Crippen molar-refractivity contribution in [3.05, 3.63) is 42.5 Å². The number of phenolic OH excluding ortho intramolecular Hbond substituents is 1. The maximum absolute atomic E-state index is 11.5. The lowest BCUT2D eigenvalue weighted by Crippen LogP contribution is -2.30. The molecule has 0 saturated carbocycles. The Morgan fingerprint density at radius 3 is 2.93 bits per heavy atom. The maximum atomic E-state index is 11.5. The second-order valence-electron chi connectivity index (χ2n) is 3.05. The molecule has 2 N–H and O–H groups in total. The molecule has 0 spiro atoms. The molecule has 0 fully saturated rings. The number of nitrogens with one attached hydrogen (secondary N) is 1. The monoisotopic (exact) mass is 191 g/mol. The zero-order chi connectivity index (χ0) is 10.6. The van der Waals surface area contributed by atoms with Crippen LogP contribution in [-0.2, 0) is 0 Å². The molecule has 1 rings (SSSR count). The van der Waals surface area contributed by atoms with Crippen molar-refractivity contribution in [2.45, 2.75) is 13.0 Å². The van der Waals surface area contributed by atoms with Gasteiger partial charge in [-0.15, -0.1) is 6.58 Å². The zero-order valence-corrected chi connectivity index (χ0v) is 8.03. The van der Waals surface area contributed by atoms with Crippen LogP contribution in [0.25, 0.3) is 0 Å². The van der Waals surface area contributed by atoms with E-state index in [1.807, 2.05) is 6.92 Å². The summed E-state index contributed by atoms with van der Waals surface area (Å²) in [6.07, 6.45) is 1.64. The van der Waals surface area contributed by atoms with Crippen molar-refractivity contribution in [1.29, 1.82) is 0 Å². The molecule has 0 aliphatic rings. The largest absolute Gasteiger partial charge is 0.508 e. The molecule has 0 aliphatic heterocycles. The summed E-state index contributed by atoms with van der Waals surface area (Å²) in [6, 6.07) is 6.14. The van der Waals surface area contributed by atoms with Gasteiger partial charge in [-0.1, -0.05) is 12.1 Å². The van der Waals surface area contributed by atoms with Crippen molar-refractivity contribution in [3.8, 4) is 5.75 Å². The van der Waals surface area contributed by atoms with Gasteiger partial charge in [-0.2, -0.15) is 0 Å². The molecule has 0 radical (unpaired) electrons. The van der Waals surface area contributed by atoms with Crippen molar-refractivity contribution in [2.75, 3.05) is 0 Å². The van der Waals surface area contributed by atoms with E-state index in [9.17, 15) is 4.79 Å². The van der Waals surface area contributed by atoms with Gasteiger partial charge in [0.15, 0.2) is 0 Å². The number of amides is 1. The summed E-state index contributed by atoms with van der Waals surface area (Å²) in [5.74, 6) is -0.128. The lowest BCUT2D eigenvalue weighted by Gasteiger charge is -2.08. The Bertz CT molecular complexity index is 347. The number of aromatic hydroxyl groups is 1. The van der Waals surface area contributed by atoms with Gasteiger partial charge in [-0.3, -0.25) is 4.79 Å². The first kappa shape index (κ1) is 10.3. The van der Waals surface area contributed by atoms with Crippen LogP contribution in [0.2, 0.25) is 0 Å². The number of phenols is 1. The van der Waals surface area contributed by atoms with Crippen LogP contribution in [0.1, 0.15) is 17.3 Å². The van der Waals surface area contributed by atoms with Crippen molar-refractivity contribution in [3.63, 3.8) is 0 Å². The predicted octanol–water partition coefficient (Wildman–Crippen LogP) is 1.70. The maximum Gasteiger partial charge on any atom is 0.251 e. The number of carbonyl (C=O) groups excluding carboxylic acids is 1. The Labute approximate surface area is 83.1 Å². The fourth-order valence-corrected chi connectivity index (χ4v) is 0.996. The molecule has 1 amide bonds. The van der Waals surface area contributed by atoms with Crippen LogP contribution in [0, 0.1) is 0 Å². The molecule has 0 bridgehead atoms. The first-order valence-corrected chi connectivity index (χ1v) is 4.36. The molecule has 3 heteroatoms. The van der Waals surface area contributed by atoms with E-state index < -0.39 is 0 Å². The van der Waals surface area contributed by atoms with Crippen molar-refractivity contribution in [1.82, 2.24) is 5.32 Å². The molecular weight excluding hydrogens is 178 g/mol. The number of rotatable bonds is 3. The summed E-state index contributed by atoms with van der Waals surface area (Å²) in [7, 11) is 0. The summed E-state index contributed by atoms with van der Waals surface area (Å²) in [4.78, 5) is 11.5. The summed E-state index contributed by atoms with van der Waals surface area (Å²) in [5.41, 5.74) is 0.443. The lowest BCUT2D eigenvalue weighted by atomic mass is 10.2. The third kappa shape index (κ3) is 2.62. The highest BCUT2D eigenvalue weighted by Gasteiger charge is 2.07. The molecule has 1 atom stereocenters. The second kappa shape index (κ2) is 4.46. The molecule has 1 aromatic rings. The first-order chi connectivity index (χ1) is 6.63. The highest BCUT2D eigenvalue weighted by molar-refractivity contribution is 5.94. The number of benzene rings is 1. The molecular formula is C11H13NO2. The van der Waals surface area contributed by atoms with Crippen LogP contribution in [-0.4, -0.2) is 17.1 Å². The standard InChI is InChI=1S/C11H13NO2/c1-3-8(2)12-11(14)9-5-4-6-10(13)7-9/h3-8,13H,1H2,2H3,(H,12,14). The molecule has 74 valence electrons. The van der Waals surface area contributed by atoms with Gasteiger partial charge in [-0.25, -0.2) is 0 Å². The van der Waals surface area contributed by atoms with E-state index in [4.69, 9.17) is 5.11 Å². The summed E-state index contributed by atoms with van der Waals surface area (Å²) < 4.78 is 0. The number of carbonyl (C=O) groups is 1. The van der Waals surface area contributed by atoms with Crippen LogP contribution >= 0.6 is 0 Å². The van der Waals surface area contributed by atoms with Crippen LogP contribution in [0.15, 0.2) is 36.9 Å². The Morgan fingerprint density at radius 2 is 2.36 bits per heavy atom. The van der Waals surface area contributed by atoms with E-state index in [0.29, 0.717) is 5.56 Å². The zero-order valence-electron chi connectivity index (χ0n) is 8.03. The number of hydrogen-bond donors (Lipinski definition) is 2. The third-order valence-electron chi connectivity index (χ3n) is 1.82. The Balaban J connectivity index is 2.74. The minimum atomic E-state index is -0.215. The minimum absolute atomic E-state index is 0.0788. The molecule has 14 heavy (non-hydrogen) atoms. The highest BCUT2D eigenvalue weighted by Crippen LogP contribution is 2.10. The van der Waals surface area contributed by atoms with Gasteiger partial charge in [-0.05, 0) is 25.1 Å². The average molecular weight is 191 g/mol. The second-order valence-corrected chi connectivity index (χ2v) is 3.05. The van der Waals surface area contributed by atoms with E-state index in [1.54, 1.807) is 18.2 Å². The summed E-state index contributed by atoms with van der Waals surface area (Å²) in [6.45, 7) is 5.39.